The summed E-state index contributed by atoms with van der Waals surface area (Å²) in [5.41, 5.74) is 6.71. The van der Waals surface area contributed by atoms with E-state index in [0.717, 1.165) is 29.1 Å². The fourth-order valence-electron chi connectivity index (χ4n) is 1.38. The molecule has 0 amide bonds. The highest BCUT2D eigenvalue weighted by Crippen LogP contribution is 1.98. The van der Waals surface area contributed by atoms with Crippen LogP contribution < -0.4 is 21.5 Å². The number of aromatic nitrogens is 1. The van der Waals surface area contributed by atoms with Crippen molar-refractivity contribution in [1.82, 2.24) is 10.3 Å². The number of fused-ring (bicyclic) bond motifs is 1. The maximum absolute atomic E-state index is 6.03. The molecule has 68 valence electrons. The molecule has 1 aliphatic rings. The quantitative estimate of drug-likeness (QED) is 0.546. The Balaban J connectivity index is 2.89. The van der Waals surface area contributed by atoms with Crippen molar-refractivity contribution >= 4 is 22.5 Å². The fourth-order valence-corrected chi connectivity index (χ4v) is 1.64. The number of nitrogens with one attached hydrogen (secondary N) is 1. The van der Waals surface area contributed by atoms with Gasteiger partial charge in [-0.05, 0) is 6.07 Å². The summed E-state index contributed by atoms with van der Waals surface area (Å²) in [4.78, 5) is 4.02. The minimum atomic E-state index is 0.651. The molecule has 0 atom stereocenters. The van der Waals surface area contributed by atoms with Crippen molar-refractivity contribution in [2.24, 2.45) is 5.73 Å². The molecule has 0 bridgehead atoms. The van der Waals surface area contributed by atoms with Crippen LogP contribution in [0.3, 0.4) is 0 Å². The number of pyridine rings is 1. The summed E-state index contributed by atoms with van der Waals surface area (Å²) < 4.78 is 0. The fraction of sp³-hybridized carbons (Fsp3) is 0.222. The zero-order valence-corrected chi connectivity index (χ0v) is 7.80. The molecule has 0 radical (unpaired) electrons. The van der Waals surface area contributed by atoms with Gasteiger partial charge in [-0.2, -0.15) is 0 Å². The maximum atomic E-state index is 6.03. The predicted molar refractivity (Wildman–Crippen MR) is 53.0 cm³/mol. The molecule has 1 aliphatic heterocycles. The smallest absolute Gasteiger partial charge is 0.110 e. The van der Waals surface area contributed by atoms with Crippen LogP contribution in [0.1, 0.15) is 6.42 Å². The molecule has 1 aromatic rings. The Morgan fingerprint density at radius 2 is 2.31 bits per heavy atom. The normalized spacial score (nSPS) is 16.1. The second kappa shape index (κ2) is 3.26. The van der Waals surface area contributed by atoms with Crippen LogP contribution >= 0.6 is 11.6 Å². The van der Waals surface area contributed by atoms with E-state index in [9.17, 15) is 0 Å². The molecule has 0 fully saturated rings. The van der Waals surface area contributed by atoms with E-state index in [-0.39, 0.29) is 0 Å². The van der Waals surface area contributed by atoms with E-state index >= 15 is 0 Å². The second-order valence-corrected chi connectivity index (χ2v) is 3.32. The standard InChI is InChI=1S/C9H10ClN3/c10-9-6-1-3-12-5-7(6)8(11)2-4-13-9/h1,3,5,13H,2,4,11H2. The summed E-state index contributed by atoms with van der Waals surface area (Å²) in [6.45, 7) is 0.777. The van der Waals surface area contributed by atoms with Gasteiger partial charge in [0.15, 0.2) is 0 Å². The monoisotopic (exact) mass is 195 g/mol. The van der Waals surface area contributed by atoms with Gasteiger partial charge in [0.25, 0.3) is 0 Å². The molecule has 13 heavy (non-hydrogen) atoms. The van der Waals surface area contributed by atoms with Gasteiger partial charge in [0, 0.05) is 41.5 Å². The Morgan fingerprint density at radius 3 is 3.15 bits per heavy atom. The highest BCUT2D eigenvalue weighted by molar-refractivity contribution is 6.44. The average molecular weight is 196 g/mol. The summed E-state index contributed by atoms with van der Waals surface area (Å²) in [7, 11) is 0. The first kappa shape index (κ1) is 8.38. The van der Waals surface area contributed by atoms with Gasteiger partial charge in [-0.15, -0.1) is 0 Å². The van der Waals surface area contributed by atoms with Crippen LogP contribution in [-0.4, -0.2) is 11.5 Å². The first-order valence-electron chi connectivity index (χ1n) is 4.11. The van der Waals surface area contributed by atoms with Gasteiger partial charge in [-0.25, -0.2) is 0 Å². The highest BCUT2D eigenvalue weighted by atomic mass is 35.5. The van der Waals surface area contributed by atoms with Gasteiger partial charge < -0.3 is 11.1 Å². The minimum Gasteiger partial charge on any atom is -0.401 e. The molecule has 0 saturated heterocycles. The van der Waals surface area contributed by atoms with Gasteiger partial charge in [0.2, 0.25) is 0 Å². The Hall–Kier alpha value is -1.22. The molecule has 0 aliphatic carbocycles. The first-order valence-corrected chi connectivity index (χ1v) is 4.49. The number of rotatable bonds is 0. The van der Waals surface area contributed by atoms with E-state index in [4.69, 9.17) is 17.3 Å². The molecule has 0 aromatic carbocycles. The van der Waals surface area contributed by atoms with Crippen molar-refractivity contribution in [2.75, 3.05) is 6.54 Å². The molecule has 0 unspecified atom stereocenters. The summed E-state index contributed by atoms with van der Waals surface area (Å²) in [5, 5.41) is 5.61. The second-order valence-electron chi connectivity index (χ2n) is 2.94. The summed E-state index contributed by atoms with van der Waals surface area (Å²) in [5.74, 6) is 0. The average Bonchev–Trinajstić information content (AvgIpc) is 2.29. The third-order valence-corrected chi connectivity index (χ3v) is 2.42. The van der Waals surface area contributed by atoms with Crippen molar-refractivity contribution in [1.29, 1.82) is 0 Å². The predicted octanol–water partition coefficient (Wildman–Crippen LogP) is -0.554. The van der Waals surface area contributed by atoms with E-state index in [1.54, 1.807) is 12.4 Å². The number of nitrogens with zero attached hydrogens (tertiary/aromatic N) is 1. The molecule has 2 heterocycles. The molecule has 3 N–H and O–H groups in total. The van der Waals surface area contributed by atoms with Crippen LogP contribution in [0, 0.1) is 0 Å². The van der Waals surface area contributed by atoms with Crippen LogP contribution in [0.15, 0.2) is 18.5 Å². The van der Waals surface area contributed by atoms with E-state index in [2.05, 4.69) is 10.3 Å². The molecule has 2 rings (SSSR count). The van der Waals surface area contributed by atoms with Crippen molar-refractivity contribution < 1.29 is 0 Å². The largest absolute Gasteiger partial charge is 0.401 e. The van der Waals surface area contributed by atoms with E-state index in [1.165, 1.54) is 0 Å². The zero-order valence-electron chi connectivity index (χ0n) is 7.05. The van der Waals surface area contributed by atoms with E-state index in [0.29, 0.717) is 5.16 Å². The number of halogens is 1. The summed E-state index contributed by atoms with van der Waals surface area (Å²) in [6, 6.07) is 1.86. The van der Waals surface area contributed by atoms with Crippen LogP contribution in [0.4, 0.5) is 0 Å². The van der Waals surface area contributed by atoms with Crippen LogP contribution in [0.2, 0.25) is 0 Å². The Morgan fingerprint density at radius 1 is 1.46 bits per heavy atom. The third-order valence-electron chi connectivity index (χ3n) is 2.08. The molecule has 1 aromatic heterocycles. The lowest BCUT2D eigenvalue weighted by molar-refractivity contribution is 0.888. The number of nitrogens with two attached hydrogens (primary N) is 1. The Kier molecular flexibility index (Phi) is 2.10. The van der Waals surface area contributed by atoms with Crippen LogP contribution in [0.5, 0.6) is 0 Å². The molecular formula is C9H10ClN3. The summed E-state index contributed by atoms with van der Waals surface area (Å²) >= 11 is 6.03. The van der Waals surface area contributed by atoms with Crippen molar-refractivity contribution in [3.8, 4) is 0 Å². The minimum absolute atomic E-state index is 0.651. The Bertz CT molecular complexity index is 397. The van der Waals surface area contributed by atoms with Gasteiger partial charge in [0.1, 0.15) is 5.16 Å². The van der Waals surface area contributed by atoms with E-state index in [1.807, 2.05) is 6.07 Å². The molecule has 0 saturated carbocycles. The highest BCUT2D eigenvalue weighted by Gasteiger charge is 2.03. The van der Waals surface area contributed by atoms with Gasteiger partial charge >= 0.3 is 0 Å². The van der Waals surface area contributed by atoms with Gasteiger partial charge in [-0.1, -0.05) is 11.6 Å². The third kappa shape index (κ3) is 1.47. The lowest BCUT2D eigenvalue weighted by Gasteiger charge is -1.99. The number of hydrogen-bond acceptors (Lipinski definition) is 3. The SMILES string of the molecule is NC1=c2cnccc2=C(Cl)NCC1. The molecule has 0 spiro atoms. The van der Waals surface area contributed by atoms with Gasteiger partial charge in [-0.3, -0.25) is 4.98 Å². The topological polar surface area (TPSA) is 50.9 Å². The Labute approximate surface area is 80.9 Å². The van der Waals surface area contributed by atoms with Crippen molar-refractivity contribution in [2.45, 2.75) is 6.42 Å². The summed E-state index contributed by atoms with van der Waals surface area (Å²) in [6.07, 6.45) is 4.26. The van der Waals surface area contributed by atoms with Crippen molar-refractivity contribution in [3.05, 3.63) is 28.9 Å². The lowest BCUT2D eigenvalue weighted by atomic mass is 10.2. The van der Waals surface area contributed by atoms with Crippen LogP contribution in [-0.2, 0) is 0 Å². The molecule has 4 heteroatoms. The molecular weight excluding hydrogens is 186 g/mol. The van der Waals surface area contributed by atoms with Crippen LogP contribution in [0.25, 0.3) is 10.9 Å². The number of hydrogen-bond donors (Lipinski definition) is 2. The molecule has 3 nitrogen and oxygen atoms in total. The maximum Gasteiger partial charge on any atom is 0.110 e. The van der Waals surface area contributed by atoms with Crippen molar-refractivity contribution in [3.63, 3.8) is 0 Å². The first-order chi connectivity index (χ1) is 6.29. The van der Waals surface area contributed by atoms with E-state index < -0.39 is 0 Å². The lowest BCUT2D eigenvalue weighted by Crippen LogP contribution is -2.31. The van der Waals surface area contributed by atoms with Gasteiger partial charge in [0.05, 0.1) is 0 Å². The zero-order chi connectivity index (χ0) is 9.26.